The fourth-order valence-electron chi connectivity index (χ4n) is 6.56. The smallest absolute Gasteiger partial charge is 0.296 e. The van der Waals surface area contributed by atoms with Crippen molar-refractivity contribution in [2.75, 3.05) is 4.90 Å². The number of benzene rings is 1. The molecule has 2 atom stereocenters. The number of carbonyl (C=O) groups excluding carboxylic acids is 1. The zero-order chi connectivity index (χ0) is 21.7. The van der Waals surface area contributed by atoms with E-state index in [1.54, 1.807) is 18.4 Å². The number of nitrogens with zero attached hydrogens (tertiary/aromatic N) is 4. The summed E-state index contributed by atoms with van der Waals surface area (Å²) in [6, 6.07) is 11.9. The van der Waals surface area contributed by atoms with Gasteiger partial charge in [-0.2, -0.15) is 4.98 Å². The monoisotopic (exact) mass is 430 g/mol. The van der Waals surface area contributed by atoms with Crippen LogP contribution < -0.4 is 4.90 Å². The average molecular weight is 431 g/mol. The van der Waals surface area contributed by atoms with E-state index < -0.39 is 0 Å². The Labute approximate surface area is 188 Å². The molecule has 0 bridgehead atoms. The summed E-state index contributed by atoms with van der Waals surface area (Å²) in [5.41, 5.74) is 2.15. The number of carbonyl (C=O) groups is 1. The van der Waals surface area contributed by atoms with E-state index in [0.717, 1.165) is 49.1 Å². The van der Waals surface area contributed by atoms with Gasteiger partial charge in [0.15, 0.2) is 11.6 Å². The summed E-state index contributed by atoms with van der Waals surface area (Å²) < 4.78 is 7.71. The molecule has 0 N–H and O–H groups in total. The van der Waals surface area contributed by atoms with Crippen LogP contribution in [0.15, 0.2) is 47.1 Å². The summed E-state index contributed by atoms with van der Waals surface area (Å²) in [5, 5.41) is 5.14. The lowest BCUT2D eigenvalue weighted by Gasteiger charge is -2.55. The SMILES string of the molecule is Cc1ccccc1-c1nc2n(n1)C1(CCCCC1)[C@@H]1CCCC[C@@H]1N2C(=O)c1ccco1. The largest absolute Gasteiger partial charge is 0.459 e. The third-order valence-electron chi connectivity index (χ3n) is 8.03. The van der Waals surface area contributed by atoms with Gasteiger partial charge in [0.05, 0.1) is 11.8 Å². The first-order valence-electron chi connectivity index (χ1n) is 12.1. The predicted octanol–water partition coefficient (Wildman–Crippen LogP) is 5.73. The van der Waals surface area contributed by atoms with Gasteiger partial charge < -0.3 is 4.42 Å². The Kier molecular flexibility index (Phi) is 4.70. The van der Waals surface area contributed by atoms with Crippen LogP contribution in [-0.2, 0) is 5.54 Å². The molecule has 6 heteroatoms. The number of rotatable bonds is 2. The minimum Gasteiger partial charge on any atom is -0.459 e. The molecule has 1 spiro atoms. The molecule has 6 rings (SSSR count). The van der Waals surface area contributed by atoms with Crippen LogP contribution in [0.4, 0.5) is 5.95 Å². The Morgan fingerprint density at radius 3 is 2.62 bits per heavy atom. The molecule has 0 saturated heterocycles. The van der Waals surface area contributed by atoms with E-state index in [-0.39, 0.29) is 17.5 Å². The fraction of sp³-hybridized carbons (Fsp3) is 0.500. The lowest BCUT2D eigenvalue weighted by Crippen LogP contribution is -2.61. The highest BCUT2D eigenvalue weighted by atomic mass is 16.3. The lowest BCUT2D eigenvalue weighted by atomic mass is 9.64. The molecule has 0 unspecified atom stereocenters. The van der Waals surface area contributed by atoms with Crippen molar-refractivity contribution >= 4 is 11.9 Å². The third-order valence-corrected chi connectivity index (χ3v) is 8.03. The van der Waals surface area contributed by atoms with Gasteiger partial charge in [0.1, 0.15) is 0 Å². The van der Waals surface area contributed by atoms with Gasteiger partial charge in [-0.15, -0.1) is 5.10 Å². The van der Waals surface area contributed by atoms with Gasteiger partial charge in [-0.3, -0.25) is 9.69 Å². The molecule has 6 nitrogen and oxygen atoms in total. The summed E-state index contributed by atoms with van der Waals surface area (Å²) in [4.78, 5) is 20.7. The van der Waals surface area contributed by atoms with Crippen LogP contribution in [0.1, 0.15) is 73.9 Å². The fourth-order valence-corrected chi connectivity index (χ4v) is 6.56. The topological polar surface area (TPSA) is 64.2 Å². The Balaban J connectivity index is 1.56. The molecule has 2 saturated carbocycles. The highest BCUT2D eigenvalue weighted by Crippen LogP contribution is 2.53. The normalized spacial score (nSPS) is 24.2. The molecule has 3 aromatic rings. The van der Waals surface area contributed by atoms with E-state index in [0.29, 0.717) is 17.6 Å². The highest BCUT2D eigenvalue weighted by Gasteiger charge is 2.55. The Hall–Kier alpha value is -2.89. The van der Waals surface area contributed by atoms with E-state index in [9.17, 15) is 4.79 Å². The zero-order valence-electron chi connectivity index (χ0n) is 18.7. The van der Waals surface area contributed by atoms with Crippen LogP contribution in [0.3, 0.4) is 0 Å². The predicted molar refractivity (Wildman–Crippen MR) is 123 cm³/mol. The maximum atomic E-state index is 13.7. The minimum atomic E-state index is -0.0949. The van der Waals surface area contributed by atoms with Crippen molar-refractivity contribution in [1.82, 2.24) is 14.8 Å². The second kappa shape index (κ2) is 7.61. The van der Waals surface area contributed by atoms with E-state index in [1.807, 2.05) is 17.0 Å². The number of amides is 1. The molecular weight excluding hydrogens is 400 g/mol. The number of anilines is 1. The van der Waals surface area contributed by atoms with Crippen LogP contribution >= 0.6 is 0 Å². The van der Waals surface area contributed by atoms with Gasteiger partial charge in [-0.05, 0) is 50.3 Å². The van der Waals surface area contributed by atoms with Gasteiger partial charge in [-0.25, -0.2) is 4.68 Å². The quantitative estimate of drug-likeness (QED) is 0.521. The minimum absolute atomic E-state index is 0.0352. The molecule has 3 heterocycles. The zero-order valence-corrected chi connectivity index (χ0v) is 18.7. The number of aryl methyl sites for hydroxylation is 1. The maximum absolute atomic E-state index is 13.7. The Bertz CT molecular complexity index is 1130. The van der Waals surface area contributed by atoms with Crippen LogP contribution in [0.25, 0.3) is 11.4 Å². The second-order valence-corrected chi connectivity index (χ2v) is 9.74. The van der Waals surface area contributed by atoms with Gasteiger partial charge in [0.2, 0.25) is 5.95 Å². The third kappa shape index (κ3) is 2.88. The molecule has 3 aliphatic rings. The van der Waals surface area contributed by atoms with Crippen molar-refractivity contribution in [1.29, 1.82) is 0 Å². The first-order valence-corrected chi connectivity index (χ1v) is 12.1. The van der Waals surface area contributed by atoms with E-state index in [4.69, 9.17) is 14.5 Å². The van der Waals surface area contributed by atoms with E-state index in [1.165, 1.54) is 25.7 Å². The highest BCUT2D eigenvalue weighted by molar-refractivity contribution is 6.04. The Morgan fingerprint density at radius 2 is 1.84 bits per heavy atom. The summed E-state index contributed by atoms with van der Waals surface area (Å²) in [6.07, 6.45) is 12.1. The molecule has 2 aliphatic carbocycles. The molecule has 2 fully saturated rings. The second-order valence-electron chi connectivity index (χ2n) is 9.74. The van der Waals surface area contributed by atoms with Crippen molar-refractivity contribution in [3.8, 4) is 11.4 Å². The molecule has 166 valence electrons. The molecular formula is C26H30N4O2. The first-order chi connectivity index (χ1) is 15.7. The lowest BCUT2D eigenvalue weighted by molar-refractivity contribution is 0.0309. The number of furan rings is 1. The summed E-state index contributed by atoms with van der Waals surface area (Å²) in [7, 11) is 0. The Morgan fingerprint density at radius 1 is 1.03 bits per heavy atom. The van der Waals surface area contributed by atoms with Crippen LogP contribution in [0.2, 0.25) is 0 Å². The number of hydrogen-bond acceptors (Lipinski definition) is 4. The molecule has 1 aliphatic heterocycles. The number of aromatic nitrogens is 3. The van der Waals surface area contributed by atoms with Gasteiger partial charge in [0, 0.05) is 17.5 Å². The van der Waals surface area contributed by atoms with Crippen molar-refractivity contribution < 1.29 is 9.21 Å². The first kappa shape index (κ1) is 19.8. The molecule has 32 heavy (non-hydrogen) atoms. The van der Waals surface area contributed by atoms with Crippen LogP contribution in [0.5, 0.6) is 0 Å². The van der Waals surface area contributed by atoms with Crippen molar-refractivity contribution in [3.05, 3.63) is 54.0 Å². The van der Waals surface area contributed by atoms with Gasteiger partial charge in [-0.1, -0.05) is 56.4 Å². The van der Waals surface area contributed by atoms with Gasteiger partial charge >= 0.3 is 0 Å². The van der Waals surface area contributed by atoms with Crippen LogP contribution in [-0.4, -0.2) is 26.7 Å². The maximum Gasteiger partial charge on any atom is 0.296 e. The average Bonchev–Trinajstić information content (AvgIpc) is 3.51. The standard InChI is InChI=1S/C26H30N4O2/c1-18-10-3-4-11-19(18)23-27-25-29(24(31)22-14-9-17-32-22)21-13-6-5-12-20(21)26(30(25)28-23)15-7-2-8-16-26/h3-4,9-11,14,17,20-21H,2,5-8,12-13,15-16H2,1H3/t20-,21+/m1/s1. The van der Waals surface area contributed by atoms with Crippen molar-refractivity contribution in [2.24, 2.45) is 5.92 Å². The van der Waals surface area contributed by atoms with Crippen molar-refractivity contribution in [2.45, 2.75) is 76.3 Å². The van der Waals surface area contributed by atoms with Crippen molar-refractivity contribution in [3.63, 3.8) is 0 Å². The van der Waals surface area contributed by atoms with E-state index >= 15 is 0 Å². The molecule has 1 aromatic carbocycles. The summed E-state index contributed by atoms with van der Waals surface area (Å²) in [5.74, 6) is 2.12. The molecule has 0 radical (unpaired) electrons. The van der Waals surface area contributed by atoms with Crippen LogP contribution in [0, 0.1) is 12.8 Å². The molecule has 2 aromatic heterocycles. The number of fused-ring (bicyclic) bond motifs is 4. The summed E-state index contributed by atoms with van der Waals surface area (Å²) >= 11 is 0. The summed E-state index contributed by atoms with van der Waals surface area (Å²) in [6.45, 7) is 2.09. The molecule has 1 amide bonds. The van der Waals surface area contributed by atoms with Gasteiger partial charge in [0.25, 0.3) is 5.91 Å². The van der Waals surface area contributed by atoms with E-state index in [2.05, 4.69) is 23.7 Å². The number of hydrogen-bond donors (Lipinski definition) is 0.